The number of nitrogens with two attached hydrogens (primary N) is 1. The quantitative estimate of drug-likeness (QED) is 0.841. The minimum absolute atomic E-state index is 0.0520. The molecule has 0 bridgehead atoms. The summed E-state index contributed by atoms with van der Waals surface area (Å²) in [6.45, 7) is 0. The average Bonchev–Trinajstić information content (AvgIpc) is 2.28. The molecule has 1 atom stereocenters. The van der Waals surface area contributed by atoms with E-state index in [9.17, 15) is 13.2 Å². The second-order valence-electron chi connectivity index (χ2n) is 3.71. The summed E-state index contributed by atoms with van der Waals surface area (Å²) in [6.07, 6.45) is -4.44. The Bertz CT molecular complexity index is 551. The van der Waals surface area contributed by atoms with Crippen LogP contribution in [0.2, 0.25) is 0 Å². The normalized spacial score (nSPS) is 13.9. The van der Waals surface area contributed by atoms with Crippen molar-refractivity contribution in [1.82, 2.24) is 0 Å². The number of benzene rings is 2. The van der Waals surface area contributed by atoms with Gasteiger partial charge >= 0.3 is 6.18 Å². The van der Waals surface area contributed by atoms with Gasteiger partial charge in [-0.15, -0.1) is 0 Å². The van der Waals surface area contributed by atoms with E-state index in [1.165, 1.54) is 6.07 Å². The second kappa shape index (κ2) is 4.31. The van der Waals surface area contributed by atoms with E-state index in [4.69, 9.17) is 5.73 Å². The summed E-state index contributed by atoms with van der Waals surface area (Å²) in [4.78, 5) is 0. The lowest BCUT2D eigenvalue weighted by atomic mass is 10.0. The molecule has 17 heavy (non-hydrogen) atoms. The lowest BCUT2D eigenvalue weighted by Gasteiger charge is -2.18. The van der Waals surface area contributed by atoms with E-state index in [0.29, 0.717) is 4.47 Å². The van der Waals surface area contributed by atoms with Gasteiger partial charge in [0.2, 0.25) is 0 Å². The first-order valence-electron chi connectivity index (χ1n) is 4.90. The van der Waals surface area contributed by atoms with Gasteiger partial charge in [0.05, 0.1) is 0 Å². The van der Waals surface area contributed by atoms with Crippen molar-refractivity contribution in [3.63, 3.8) is 0 Å². The van der Waals surface area contributed by atoms with Crippen LogP contribution in [0, 0.1) is 0 Å². The Labute approximate surface area is 105 Å². The molecule has 0 unspecified atom stereocenters. The molecule has 2 rings (SSSR count). The Balaban J connectivity index is 2.61. The Kier molecular flexibility index (Phi) is 3.14. The molecule has 0 aliphatic heterocycles. The van der Waals surface area contributed by atoms with Crippen molar-refractivity contribution >= 4 is 26.7 Å². The molecule has 0 aromatic heterocycles. The molecule has 0 saturated carbocycles. The zero-order valence-corrected chi connectivity index (χ0v) is 10.2. The third-order valence-electron chi connectivity index (χ3n) is 2.58. The fourth-order valence-corrected chi connectivity index (χ4v) is 2.41. The van der Waals surface area contributed by atoms with E-state index in [1.54, 1.807) is 18.2 Å². The number of halogens is 4. The molecule has 0 heterocycles. The Hall–Kier alpha value is -1.07. The van der Waals surface area contributed by atoms with Crippen LogP contribution >= 0.6 is 15.9 Å². The van der Waals surface area contributed by atoms with Gasteiger partial charge in [0.1, 0.15) is 6.04 Å². The maximum Gasteiger partial charge on any atom is 0.407 e. The maximum absolute atomic E-state index is 12.6. The molecule has 0 spiro atoms. The first kappa shape index (κ1) is 12.4. The molecule has 0 fully saturated rings. The van der Waals surface area contributed by atoms with Crippen LogP contribution in [-0.4, -0.2) is 6.18 Å². The lowest BCUT2D eigenvalue weighted by Crippen LogP contribution is -2.28. The van der Waals surface area contributed by atoms with Gasteiger partial charge in [0.25, 0.3) is 0 Å². The van der Waals surface area contributed by atoms with Gasteiger partial charge < -0.3 is 5.73 Å². The largest absolute Gasteiger partial charge is 0.407 e. The van der Waals surface area contributed by atoms with E-state index < -0.39 is 12.2 Å². The molecule has 0 aliphatic rings. The second-order valence-corrected chi connectivity index (χ2v) is 4.50. The Morgan fingerprint density at radius 1 is 1.06 bits per heavy atom. The van der Waals surface area contributed by atoms with Crippen molar-refractivity contribution in [2.24, 2.45) is 5.73 Å². The van der Waals surface area contributed by atoms with Crippen molar-refractivity contribution in [2.75, 3.05) is 0 Å². The number of fused-ring (bicyclic) bond motifs is 1. The van der Waals surface area contributed by atoms with E-state index >= 15 is 0 Å². The first-order chi connectivity index (χ1) is 7.91. The molecule has 2 aromatic rings. The first-order valence-corrected chi connectivity index (χ1v) is 5.70. The SMILES string of the molecule is N[C@@H](c1ccc2ccccc2c1Br)C(F)(F)F. The minimum atomic E-state index is -4.44. The predicted octanol–water partition coefficient (Wildman–Crippen LogP) is 4.16. The highest BCUT2D eigenvalue weighted by molar-refractivity contribution is 9.10. The predicted molar refractivity (Wildman–Crippen MR) is 64.6 cm³/mol. The van der Waals surface area contributed by atoms with Crippen molar-refractivity contribution < 1.29 is 13.2 Å². The number of rotatable bonds is 1. The monoisotopic (exact) mass is 303 g/mol. The third-order valence-corrected chi connectivity index (χ3v) is 3.47. The van der Waals surface area contributed by atoms with Gasteiger partial charge in [0.15, 0.2) is 0 Å². The molecule has 5 heteroatoms. The zero-order chi connectivity index (χ0) is 12.6. The molecular formula is C12H9BrF3N. The summed E-state index contributed by atoms with van der Waals surface area (Å²) in [5.74, 6) is 0. The van der Waals surface area contributed by atoms with Crippen molar-refractivity contribution in [1.29, 1.82) is 0 Å². The van der Waals surface area contributed by atoms with Crippen LogP contribution in [0.3, 0.4) is 0 Å². The summed E-state index contributed by atoms with van der Waals surface area (Å²) in [5.41, 5.74) is 5.26. The van der Waals surface area contributed by atoms with Gasteiger partial charge in [-0.3, -0.25) is 0 Å². The van der Waals surface area contributed by atoms with Crippen LogP contribution in [-0.2, 0) is 0 Å². The molecule has 0 radical (unpaired) electrons. The average molecular weight is 304 g/mol. The minimum Gasteiger partial charge on any atom is -0.316 e. The summed E-state index contributed by atoms with van der Waals surface area (Å²) >= 11 is 3.19. The topological polar surface area (TPSA) is 26.0 Å². The molecule has 90 valence electrons. The molecule has 0 aliphatic carbocycles. The van der Waals surface area contributed by atoms with Crippen LogP contribution in [0.5, 0.6) is 0 Å². The van der Waals surface area contributed by atoms with Crippen LogP contribution in [0.15, 0.2) is 40.9 Å². The summed E-state index contributed by atoms with van der Waals surface area (Å²) < 4.78 is 38.1. The van der Waals surface area contributed by atoms with Crippen molar-refractivity contribution in [2.45, 2.75) is 12.2 Å². The van der Waals surface area contributed by atoms with Crippen LogP contribution in [0.25, 0.3) is 10.8 Å². The number of hydrogen-bond acceptors (Lipinski definition) is 1. The van der Waals surface area contributed by atoms with Gasteiger partial charge in [-0.05, 0) is 32.3 Å². The molecule has 0 amide bonds. The Morgan fingerprint density at radius 3 is 2.35 bits per heavy atom. The highest BCUT2D eigenvalue weighted by Gasteiger charge is 2.38. The fourth-order valence-electron chi connectivity index (χ4n) is 1.67. The van der Waals surface area contributed by atoms with Crippen LogP contribution in [0.4, 0.5) is 13.2 Å². The lowest BCUT2D eigenvalue weighted by molar-refractivity contribution is -0.149. The molecular weight excluding hydrogens is 295 g/mol. The van der Waals surface area contributed by atoms with Gasteiger partial charge in [-0.1, -0.05) is 36.4 Å². The van der Waals surface area contributed by atoms with E-state index in [-0.39, 0.29) is 5.56 Å². The van der Waals surface area contributed by atoms with Crippen molar-refractivity contribution in [3.8, 4) is 0 Å². The standard InChI is InChI=1S/C12H9BrF3N/c13-10-8-4-2-1-3-7(8)5-6-9(10)11(17)12(14,15)16/h1-6,11H,17H2/t11-/m0/s1. The van der Waals surface area contributed by atoms with Crippen LogP contribution < -0.4 is 5.73 Å². The number of hydrogen-bond donors (Lipinski definition) is 1. The summed E-state index contributed by atoms with van der Waals surface area (Å²) in [5, 5.41) is 1.60. The van der Waals surface area contributed by atoms with E-state index in [2.05, 4.69) is 15.9 Å². The summed E-state index contributed by atoms with van der Waals surface area (Å²) in [6, 6.07) is 8.27. The van der Waals surface area contributed by atoms with Gasteiger partial charge in [-0.2, -0.15) is 13.2 Å². The number of alkyl halides is 3. The third kappa shape index (κ3) is 2.30. The highest BCUT2D eigenvalue weighted by Crippen LogP contribution is 2.37. The van der Waals surface area contributed by atoms with E-state index in [1.807, 2.05) is 12.1 Å². The maximum atomic E-state index is 12.6. The smallest absolute Gasteiger partial charge is 0.316 e. The van der Waals surface area contributed by atoms with Crippen LogP contribution in [0.1, 0.15) is 11.6 Å². The molecule has 2 aromatic carbocycles. The highest BCUT2D eigenvalue weighted by atomic mass is 79.9. The molecule has 1 nitrogen and oxygen atoms in total. The Morgan fingerprint density at radius 2 is 1.71 bits per heavy atom. The van der Waals surface area contributed by atoms with E-state index in [0.717, 1.165) is 10.8 Å². The molecule has 0 saturated heterocycles. The zero-order valence-electron chi connectivity index (χ0n) is 8.63. The van der Waals surface area contributed by atoms with Gasteiger partial charge in [-0.25, -0.2) is 0 Å². The van der Waals surface area contributed by atoms with Gasteiger partial charge in [0, 0.05) is 4.47 Å². The summed E-state index contributed by atoms with van der Waals surface area (Å²) in [7, 11) is 0. The van der Waals surface area contributed by atoms with Crippen molar-refractivity contribution in [3.05, 3.63) is 46.4 Å². The molecule has 2 N–H and O–H groups in total. The fraction of sp³-hybridized carbons (Fsp3) is 0.167.